The Morgan fingerprint density at radius 2 is 0.960 bits per heavy atom. The average Bonchev–Trinajstić information content (AvgIpc) is 2.55. The molecule has 25 heavy (non-hydrogen) atoms. The summed E-state index contributed by atoms with van der Waals surface area (Å²) >= 11 is 0. The molecule has 0 saturated carbocycles. The molecule has 2 atom stereocenters. The molecule has 144 valence electrons. The fourth-order valence-corrected chi connectivity index (χ4v) is 2.38. The van der Waals surface area contributed by atoms with Gasteiger partial charge in [0.2, 0.25) is 0 Å². The van der Waals surface area contributed by atoms with E-state index in [-0.39, 0.29) is 19.5 Å². The van der Waals surface area contributed by atoms with Crippen molar-refractivity contribution < 1.29 is 39.3 Å². The summed E-state index contributed by atoms with van der Waals surface area (Å²) in [6, 6.07) is 0. The number of rotatable bonds is 12. The second kappa shape index (κ2) is 15.8. The van der Waals surface area contributed by atoms with Crippen LogP contribution in [0.15, 0.2) is 0 Å². The molecule has 0 saturated heterocycles. The van der Waals surface area contributed by atoms with Gasteiger partial charge >= 0.3 is 19.5 Å². The summed E-state index contributed by atoms with van der Waals surface area (Å²) in [6.45, 7) is 11.6. The minimum Gasteiger partial charge on any atom is -0.550 e. The molecule has 0 rings (SSSR count). The van der Waals surface area contributed by atoms with Crippen molar-refractivity contribution in [3.05, 3.63) is 0 Å². The van der Waals surface area contributed by atoms with E-state index >= 15 is 0 Å². The fourth-order valence-electron chi connectivity index (χ4n) is 2.38. The van der Waals surface area contributed by atoms with Crippen molar-refractivity contribution in [3.8, 4) is 0 Å². The maximum absolute atomic E-state index is 10.7. The van der Waals surface area contributed by atoms with Crippen LogP contribution in [0.4, 0.5) is 0 Å². The minimum absolute atomic E-state index is 0. The van der Waals surface area contributed by atoms with E-state index in [9.17, 15) is 19.8 Å². The van der Waals surface area contributed by atoms with Gasteiger partial charge < -0.3 is 19.8 Å². The molecule has 0 aromatic heterocycles. The van der Waals surface area contributed by atoms with Crippen molar-refractivity contribution in [1.82, 2.24) is 0 Å². The van der Waals surface area contributed by atoms with E-state index < -0.39 is 22.8 Å². The summed E-state index contributed by atoms with van der Waals surface area (Å²) in [5.74, 6) is -1.80. The Labute approximate surface area is 167 Å². The molecular formula is C20H38O4Zn. The molecule has 0 bridgehead atoms. The van der Waals surface area contributed by atoms with Gasteiger partial charge in [0.05, 0.1) is 0 Å². The van der Waals surface area contributed by atoms with E-state index in [2.05, 4.69) is 13.8 Å². The van der Waals surface area contributed by atoms with Crippen molar-refractivity contribution in [2.75, 3.05) is 0 Å². The van der Waals surface area contributed by atoms with E-state index in [0.717, 1.165) is 51.4 Å². The zero-order chi connectivity index (χ0) is 19.2. The predicted molar refractivity (Wildman–Crippen MR) is 95.1 cm³/mol. The second-order valence-corrected chi connectivity index (χ2v) is 7.32. The number of hydrogen-bond acceptors (Lipinski definition) is 4. The first-order valence-corrected chi connectivity index (χ1v) is 9.56. The van der Waals surface area contributed by atoms with Gasteiger partial charge in [-0.1, -0.05) is 80.1 Å². The van der Waals surface area contributed by atoms with Crippen molar-refractivity contribution in [1.29, 1.82) is 0 Å². The van der Waals surface area contributed by atoms with E-state index in [4.69, 9.17) is 0 Å². The van der Waals surface area contributed by atoms with Crippen LogP contribution in [0.2, 0.25) is 0 Å². The Morgan fingerprint density at radius 1 is 0.680 bits per heavy atom. The molecule has 0 aromatic rings. The first-order valence-electron chi connectivity index (χ1n) is 9.56. The molecule has 0 heterocycles. The van der Waals surface area contributed by atoms with Crippen LogP contribution in [0, 0.1) is 10.8 Å². The quantitative estimate of drug-likeness (QED) is 0.366. The summed E-state index contributed by atoms with van der Waals surface area (Å²) in [5.41, 5.74) is -1.20. The van der Waals surface area contributed by atoms with E-state index in [1.54, 1.807) is 13.8 Å². The van der Waals surface area contributed by atoms with Crippen molar-refractivity contribution in [2.24, 2.45) is 10.8 Å². The Kier molecular flexibility index (Phi) is 18.5. The first-order chi connectivity index (χ1) is 11.1. The summed E-state index contributed by atoms with van der Waals surface area (Å²) in [5, 5.41) is 21.5. The standard InChI is InChI=1S/2C10H20O2.Zn/c2*1-4-6-7-8-10(3,5-2)9(11)12;/h2*4-8H2,1-3H3,(H,11,12);/q;;+2/p-2. The zero-order valence-corrected chi connectivity index (χ0v) is 20.4. The third kappa shape index (κ3) is 12.5. The van der Waals surface area contributed by atoms with Crippen molar-refractivity contribution in [3.63, 3.8) is 0 Å². The molecule has 0 aliphatic carbocycles. The van der Waals surface area contributed by atoms with Gasteiger partial charge in [0.25, 0.3) is 0 Å². The zero-order valence-electron chi connectivity index (χ0n) is 17.4. The van der Waals surface area contributed by atoms with Gasteiger partial charge in [-0.2, -0.15) is 0 Å². The molecule has 0 amide bonds. The molecule has 0 radical (unpaired) electrons. The van der Waals surface area contributed by atoms with E-state index in [0.29, 0.717) is 12.8 Å². The molecule has 5 heteroatoms. The van der Waals surface area contributed by atoms with Gasteiger partial charge in [0.15, 0.2) is 0 Å². The number of aliphatic carboxylic acids is 2. The maximum Gasteiger partial charge on any atom is 2.00 e. The Bertz CT molecular complexity index is 326. The Balaban J connectivity index is -0.000000372. The molecule has 0 fully saturated rings. The van der Waals surface area contributed by atoms with Crippen LogP contribution < -0.4 is 10.2 Å². The average molecular weight is 408 g/mol. The molecule has 0 aliphatic heterocycles. The summed E-state index contributed by atoms with van der Waals surface area (Å²) in [4.78, 5) is 21.5. The molecule has 4 nitrogen and oxygen atoms in total. The smallest absolute Gasteiger partial charge is 0.550 e. The van der Waals surface area contributed by atoms with Gasteiger partial charge in [-0.3, -0.25) is 0 Å². The molecule has 2 unspecified atom stereocenters. The van der Waals surface area contributed by atoms with Gasteiger partial charge in [0, 0.05) is 22.8 Å². The van der Waals surface area contributed by atoms with Crippen LogP contribution in [0.1, 0.15) is 106 Å². The fraction of sp³-hybridized carbons (Fsp3) is 0.900. The number of carbonyl (C=O) groups is 2. The van der Waals surface area contributed by atoms with Crippen LogP contribution in [-0.4, -0.2) is 11.9 Å². The van der Waals surface area contributed by atoms with Crippen LogP contribution in [0.3, 0.4) is 0 Å². The molecule has 0 aromatic carbocycles. The predicted octanol–water partition coefficient (Wildman–Crippen LogP) is 3.46. The third-order valence-corrected chi connectivity index (χ3v) is 5.21. The van der Waals surface area contributed by atoms with E-state index in [1.807, 2.05) is 13.8 Å². The number of carbonyl (C=O) groups excluding carboxylic acids is 2. The van der Waals surface area contributed by atoms with Crippen molar-refractivity contribution >= 4 is 11.9 Å². The minimum atomic E-state index is -0.902. The van der Waals surface area contributed by atoms with Crippen LogP contribution in [0.5, 0.6) is 0 Å². The number of carboxylic acids is 2. The Hall–Kier alpha value is -0.437. The molecule has 0 N–H and O–H groups in total. The first kappa shape index (κ1) is 29.3. The molecule has 0 spiro atoms. The monoisotopic (exact) mass is 406 g/mol. The van der Waals surface area contributed by atoms with E-state index in [1.165, 1.54) is 0 Å². The third-order valence-electron chi connectivity index (χ3n) is 5.21. The van der Waals surface area contributed by atoms with Gasteiger partial charge in [-0.15, -0.1) is 0 Å². The molecule has 0 aliphatic rings. The van der Waals surface area contributed by atoms with Gasteiger partial charge in [-0.05, 0) is 25.7 Å². The van der Waals surface area contributed by atoms with Crippen LogP contribution >= 0.6 is 0 Å². The van der Waals surface area contributed by atoms with Crippen LogP contribution in [0.25, 0.3) is 0 Å². The largest absolute Gasteiger partial charge is 2.00 e. The summed E-state index contributed by atoms with van der Waals surface area (Å²) < 4.78 is 0. The summed E-state index contributed by atoms with van der Waals surface area (Å²) in [7, 11) is 0. The Morgan fingerprint density at radius 3 is 1.12 bits per heavy atom. The number of hydrogen-bond donors (Lipinski definition) is 0. The van der Waals surface area contributed by atoms with Gasteiger partial charge in [0.1, 0.15) is 0 Å². The topological polar surface area (TPSA) is 80.3 Å². The van der Waals surface area contributed by atoms with Crippen LogP contribution in [-0.2, 0) is 29.1 Å². The normalized spacial score (nSPS) is 15.0. The number of unbranched alkanes of at least 4 members (excludes halogenated alkanes) is 4. The number of carboxylic acid groups (broad SMARTS) is 2. The SMILES string of the molecule is CCCCCC(C)(CC)C(=O)[O-].CCCCCC(C)(CC)C(=O)[O-].[Zn+2]. The molecular weight excluding hydrogens is 370 g/mol. The summed E-state index contributed by atoms with van der Waals surface area (Å²) in [6.07, 6.45) is 9.31. The second-order valence-electron chi connectivity index (χ2n) is 7.32. The van der Waals surface area contributed by atoms with Gasteiger partial charge in [-0.25, -0.2) is 0 Å². The maximum atomic E-state index is 10.7. The van der Waals surface area contributed by atoms with Crippen molar-refractivity contribution in [2.45, 2.75) is 106 Å².